The Labute approximate surface area is 104 Å². The summed E-state index contributed by atoms with van der Waals surface area (Å²) < 4.78 is 0. The first kappa shape index (κ1) is 12.2. The summed E-state index contributed by atoms with van der Waals surface area (Å²) in [7, 11) is 2.20. The lowest BCUT2D eigenvalue weighted by molar-refractivity contribution is 0.170. The van der Waals surface area contributed by atoms with Crippen LogP contribution in [0.25, 0.3) is 0 Å². The zero-order valence-corrected chi connectivity index (χ0v) is 11.3. The van der Waals surface area contributed by atoms with Crippen molar-refractivity contribution in [2.45, 2.75) is 32.9 Å². The van der Waals surface area contributed by atoms with Crippen LogP contribution in [0.1, 0.15) is 19.4 Å². The summed E-state index contributed by atoms with van der Waals surface area (Å²) in [6.07, 6.45) is 0. The van der Waals surface area contributed by atoms with Crippen molar-refractivity contribution in [1.29, 1.82) is 0 Å². The van der Waals surface area contributed by atoms with Gasteiger partial charge in [0, 0.05) is 36.5 Å². The number of nitrogens with zero attached hydrogens (tertiary/aromatic N) is 2. The molecule has 2 atom stereocenters. The molecule has 1 aromatic rings. The van der Waals surface area contributed by atoms with Crippen molar-refractivity contribution in [1.82, 2.24) is 4.90 Å². The third kappa shape index (κ3) is 2.39. The first-order valence-electron chi connectivity index (χ1n) is 6.32. The van der Waals surface area contributed by atoms with Crippen LogP contribution in [-0.2, 0) is 0 Å². The summed E-state index contributed by atoms with van der Waals surface area (Å²) in [5, 5.41) is 0. The molecule has 1 saturated heterocycles. The third-order valence-electron chi connectivity index (χ3n) is 3.99. The Kier molecular flexibility index (Phi) is 3.29. The minimum absolute atomic E-state index is 0.585. The van der Waals surface area contributed by atoms with Crippen LogP contribution in [0.5, 0.6) is 0 Å². The van der Waals surface area contributed by atoms with Gasteiger partial charge in [0.2, 0.25) is 0 Å². The van der Waals surface area contributed by atoms with Crippen LogP contribution in [-0.4, -0.2) is 37.1 Å². The maximum Gasteiger partial charge on any atom is 0.0388 e. The van der Waals surface area contributed by atoms with E-state index in [4.69, 9.17) is 5.73 Å². The van der Waals surface area contributed by atoms with Crippen molar-refractivity contribution in [3.63, 3.8) is 0 Å². The van der Waals surface area contributed by atoms with E-state index in [-0.39, 0.29) is 0 Å². The van der Waals surface area contributed by atoms with E-state index >= 15 is 0 Å². The van der Waals surface area contributed by atoms with Crippen LogP contribution < -0.4 is 10.6 Å². The maximum atomic E-state index is 5.99. The van der Waals surface area contributed by atoms with E-state index in [2.05, 4.69) is 48.9 Å². The molecule has 3 heteroatoms. The number of rotatable bonds is 1. The molecule has 2 N–H and O–H groups in total. The molecule has 0 saturated carbocycles. The lowest BCUT2D eigenvalue weighted by atomic mass is 10.1. The zero-order chi connectivity index (χ0) is 12.6. The molecule has 1 aliphatic rings. The Morgan fingerprint density at radius 1 is 1.18 bits per heavy atom. The average molecular weight is 233 g/mol. The van der Waals surface area contributed by atoms with Gasteiger partial charge < -0.3 is 10.6 Å². The SMILES string of the molecule is Cc1ccc(N2CC(C)N(C)C(C)C2)cc1N. The van der Waals surface area contributed by atoms with E-state index in [1.807, 2.05) is 6.92 Å². The van der Waals surface area contributed by atoms with Gasteiger partial charge >= 0.3 is 0 Å². The standard InChI is InChI=1S/C14H23N3/c1-10-5-6-13(7-14(10)15)17-8-11(2)16(4)12(3)9-17/h5-7,11-12H,8-9,15H2,1-4H3. The average Bonchev–Trinajstić information content (AvgIpc) is 2.29. The number of aryl methyl sites for hydroxylation is 1. The topological polar surface area (TPSA) is 32.5 Å². The van der Waals surface area contributed by atoms with E-state index in [0.29, 0.717) is 12.1 Å². The van der Waals surface area contributed by atoms with Crippen LogP contribution in [0.4, 0.5) is 11.4 Å². The van der Waals surface area contributed by atoms with Gasteiger partial charge in [-0.15, -0.1) is 0 Å². The predicted molar refractivity (Wildman–Crippen MR) is 74.5 cm³/mol. The highest BCUT2D eigenvalue weighted by Crippen LogP contribution is 2.24. The van der Waals surface area contributed by atoms with Gasteiger partial charge in [-0.2, -0.15) is 0 Å². The number of hydrogen-bond acceptors (Lipinski definition) is 3. The Bertz CT molecular complexity index is 390. The molecule has 0 spiro atoms. The van der Waals surface area contributed by atoms with Crippen LogP contribution in [0, 0.1) is 6.92 Å². The minimum atomic E-state index is 0.585. The van der Waals surface area contributed by atoms with Crippen molar-refractivity contribution in [3.05, 3.63) is 23.8 Å². The fourth-order valence-electron chi connectivity index (χ4n) is 2.44. The van der Waals surface area contributed by atoms with Crippen molar-refractivity contribution in [3.8, 4) is 0 Å². The second-order valence-corrected chi connectivity index (χ2v) is 5.31. The van der Waals surface area contributed by atoms with E-state index in [0.717, 1.165) is 24.3 Å². The first-order valence-corrected chi connectivity index (χ1v) is 6.32. The Hall–Kier alpha value is -1.22. The Morgan fingerprint density at radius 2 is 1.76 bits per heavy atom. The smallest absolute Gasteiger partial charge is 0.0388 e. The number of nitrogens with two attached hydrogens (primary N) is 1. The van der Waals surface area contributed by atoms with Crippen molar-refractivity contribution < 1.29 is 0 Å². The van der Waals surface area contributed by atoms with Crippen LogP contribution >= 0.6 is 0 Å². The summed E-state index contributed by atoms with van der Waals surface area (Å²) in [6, 6.07) is 7.55. The largest absolute Gasteiger partial charge is 0.398 e. The maximum absolute atomic E-state index is 5.99. The molecule has 94 valence electrons. The molecule has 3 nitrogen and oxygen atoms in total. The van der Waals surface area contributed by atoms with Crippen molar-refractivity contribution >= 4 is 11.4 Å². The summed E-state index contributed by atoms with van der Waals surface area (Å²) in [5.41, 5.74) is 9.28. The molecule has 1 aromatic carbocycles. The molecule has 0 bridgehead atoms. The van der Waals surface area contributed by atoms with E-state index in [1.165, 1.54) is 5.69 Å². The second-order valence-electron chi connectivity index (χ2n) is 5.31. The van der Waals surface area contributed by atoms with Crippen molar-refractivity contribution in [2.75, 3.05) is 30.8 Å². The summed E-state index contributed by atoms with van der Waals surface area (Å²) in [5.74, 6) is 0. The molecule has 0 aliphatic carbocycles. The number of anilines is 2. The van der Waals surface area contributed by atoms with E-state index in [1.54, 1.807) is 0 Å². The molecule has 0 amide bonds. The number of hydrogen-bond donors (Lipinski definition) is 1. The Balaban J connectivity index is 2.20. The van der Waals surface area contributed by atoms with Gasteiger partial charge in [0.25, 0.3) is 0 Å². The van der Waals surface area contributed by atoms with E-state index < -0.39 is 0 Å². The fourth-order valence-corrected chi connectivity index (χ4v) is 2.44. The van der Waals surface area contributed by atoms with Gasteiger partial charge in [-0.3, -0.25) is 4.90 Å². The minimum Gasteiger partial charge on any atom is -0.398 e. The molecule has 1 heterocycles. The zero-order valence-electron chi connectivity index (χ0n) is 11.3. The second kappa shape index (κ2) is 4.57. The molecule has 2 unspecified atom stereocenters. The first-order chi connectivity index (χ1) is 7.99. The van der Waals surface area contributed by atoms with Gasteiger partial charge in [-0.05, 0) is 45.5 Å². The summed E-state index contributed by atoms with van der Waals surface area (Å²) >= 11 is 0. The van der Waals surface area contributed by atoms with Gasteiger partial charge in [0.05, 0.1) is 0 Å². The highest BCUT2D eigenvalue weighted by Gasteiger charge is 2.26. The van der Waals surface area contributed by atoms with Gasteiger partial charge in [0.15, 0.2) is 0 Å². The number of nitrogen functional groups attached to an aromatic ring is 1. The monoisotopic (exact) mass is 233 g/mol. The molecule has 0 radical (unpaired) electrons. The summed E-state index contributed by atoms with van der Waals surface area (Å²) in [6.45, 7) is 8.75. The van der Waals surface area contributed by atoms with Crippen LogP contribution in [0.15, 0.2) is 18.2 Å². The van der Waals surface area contributed by atoms with Crippen LogP contribution in [0.2, 0.25) is 0 Å². The number of likely N-dealkylation sites (N-methyl/N-ethyl adjacent to an activating group) is 1. The van der Waals surface area contributed by atoms with Crippen molar-refractivity contribution in [2.24, 2.45) is 0 Å². The lowest BCUT2D eigenvalue weighted by Gasteiger charge is -2.43. The normalized spacial score (nSPS) is 26.2. The van der Waals surface area contributed by atoms with E-state index in [9.17, 15) is 0 Å². The van der Waals surface area contributed by atoms with Gasteiger partial charge in [-0.1, -0.05) is 6.07 Å². The molecule has 17 heavy (non-hydrogen) atoms. The van der Waals surface area contributed by atoms with Gasteiger partial charge in [-0.25, -0.2) is 0 Å². The quantitative estimate of drug-likeness (QED) is 0.754. The number of benzene rings is 1. The van der Waals surface area contributed by atoms with Gasteiger partial charge in [0.1, 0.15) is 0 Å². The molecule has 1 fully saturated rings. The molecular weight excluding hydrogens is 210 g/mol. The highest BCUT2D eigenvalue weighted by atomic mass is 15.3. The van der Waals surface area contributed by atoms with Crippen LogP contribution in [0.3, 0.4) is 0 Å². The Morgan fingerprint density at radius 3 is 2.29 bits per heavy atom. The lowest BCUT2D eigenvalue weighted by Crippen LogP contribution is -2.55. The molecular formula is C14H23N3. The molecule has 1 aliphatic heterocycles. The molecule has 2 rings (SSSR count). The number of piperazine rings is 1. The molecule has 0 aromatic heterocycles. The highest BCUT2D eigenvalue weighted by molar-refractivity contribution is 5.60. The summed E-state index contributed by atoms with van der Waals surface area (Å²) in [4.78, 5) is 4.87. The fraction of sp³-hybridized carbons (Fsp3) is 0.571. The third-order valence-corrected chi connectivity index (χ3v) is 3.99. The predicted octanol–water partition coefficient (Wildman–Crippen LogP) is 2.11.